The second kappa shape index (κ2) is 10.5. The van der Waals surface area contributed by atoms with Crippen LogP contribution in [0.25, 0.3) is 0 Å². The van der Waals surface area contributed by atoms with E-state index >= 15 is 0 Å². The summed E-state index contributed by atoms with van der Waals surface area (Å²) in [5, 5.41) is 19.8. The van der Waals surface area contributed by atoms with Gasteiger partial charge in [0, 0.05) is 25.0 Å². The minimum Gasteiger partial charge on any atom is -0.493 e. The van der Waals surface area contributed by atoms with Gasteiger partial charge in [0.15, 0.2) is 17.1 Å². The first-order valence-electron chi connectivity index (χ1n) is 7.77. The lowest BCUT2D eigenvalue weighted by Crippen LogP contribution is -2.26. The highest BCUT2D eigenvalue weighted by Gasteiger charge is 2.30. The van der Waals surface area contributed by atoms with Crippen LogP contribution in [0.5, 0.6) is 17.2 Å². The molecular formula is C18H24O8. The van der Waals surface area contributed by atoms with Crippen molar-refractivity contribution in [3.63, 3.8) is 0 Å². The predicted molar refractivity (Wildman–Crippen MR) is 92.7 cm³/mol. The molecule has 0 aromatic heterocycles. The molecule has 0 aliphatic heterocycles. The van der Waals surface area contributed by atoms with E-state index in [4.69, 9.17) is 28.8 Å². The summed E-state index contributed by atoms with van der Waals surface area (Å²) in [6.07, 6.45) is 0.0373. The summed E-state index contributed by atoms with van der Waals surface area (Å²) in [5.74, 6) is 3.98. The van der Waals surface area contributed by atoms with E-state index in [0.29, 0.717) is 36.0 Å². The van der Waals surface area contributed by atoms with Crippen LogP contribution in [0.2, 0.25) is 0 Å². The molecule has 0 radical (unpaired) electrons. The molecule has 0 fully saturated rings. The van der Waals surface area contributed by atoms with Gasteiger partial charge >= 0.3 is 5.97 Å². The Morgan fingerprint density at radius 2 is 1.65 bits per heavy atom. The van der Waals surface area contributed by atoms with Gasteiger partial charge in [-0.05, 0) is 12.1 Å². The van der Waals surface area contributed by atoms with Gasteiger partial charge in [-0.15, -0.1) is 0 Å². The average Bonchev–Trinajstić information content (AvgIpc) is 2.64. The van der Waals surface area contributed by atoms with Crippen molar-refractivity contribution in [1.29, 1.82) is 0 Å². The molecule has 8 nitrogen and oxygen atoms in total. The number of carboxylic acid groups (broad SMARTS) is 1. The van der Waals surface area contributed by atoms with Gasteiger partial charge in [-0.25, -0.2) is 4.79 Å². The van der Waals surface area contributed by atoms with Gasteiger partial charge in [0.05, 0.1) is 41.2 Å². The summed E-state index contributed by atoms with van der Waals surface area (Å²) in [6.45, 7) is 0.891. The maximum Gasteiger partial charge on any atom is 0.382 e. The first kappa shape index (κ1) is 21.6. The summed E-state index contributed by atoms with van der Waals surface area (Å²) in [5.41, 5.74) is -1.48. The van der Waals surface area contributed by atoms with Crippen molar-refractivity contribution < 1.29 is 38.7 Å². The molecule has 0 aliphatic rings. The third-order valence-corrected chi connectivity index (χ3v) is 3.56. The molecule has 26 heavy (non-hydrogen) atoms. The fraction of sp³-hybridized carbons (Fsp3) is 0.500. The lowest BCUT2D eigenvalue weighted by molar-refractivity contribution is -0.130. The van der Waals surface area contributed by atoms with Crippen molar-refractivity contribution in [3.8, 4) is 29.1 Å². The van der Waals surface area contributed by atoms with Crippen molar-refractivity contribution in [2.24, 2.45) is 0 Å². The van der Waals surface area contributed by atoms with Crippen LogP contribution < -0.4 is 14.2 Å². The Morgan fingerprint density at radius 1 is 1.04 bits per heavy atom. The number of rotatable bonds is 10. The molecule has 0 bridgehead atoms. The molecule has 8 heteroatoms. The van der Waals surface area contributed by atoms with E-state index < -0.39 is 11.6 Å². The molecule has 0 aliphatic carbocycles. The lowest BCUT2D eigenvalue weighted by atomic mass is 9.90. The summed E-state index contributed by atoms with van der Waals surface area (Å²) < 4.78 is 26.0. The van der Waals surface area contributed by atoms with Crippen molar-refractivity contribution in [2.45, 2.75) is 12.0 Å². The summed E-state index contributed by atoms with van der Waals surface area (Å²) >= 11 is 0. The highest BCUT2D eigenvalue weighted by atomic mass is 16.5. The van der Waals surface area contributed by atoms with Gasteiger partial charge in [0.25, 0.3) is 0 Å². The Balaban J connectivity index is 3.25. The van der Waals surface area contributed by atoms with Crippen LogP contribution in [-0.2, 0) is 19.9 Å². The Kier molecular flexibility index (Phi) is 8.72. The van der Waals surface area contributed by atoms with E-state index in [-0.39, 0.29) is 13.0 Å². The average molecular weight is 368 g/mol. The van der Waals surface area contributed by atoms with Crippen LogP contribution in [0.4, 0.5) is 0 Å². The van der Waals surface area contributed by atoms with Crippen LogP contribution in [-0.4, -0.2) is 64.4 Å². The van der Waals surface area contributed by atoms with Crippen molar-refractivity contribution in [1.82, 2.24) is 0 Å². The zero-order chi connectivity index (χ0) is 19.6. The number of hydrogen-bond donors (Lipinski definition) is 2. The predicted octanol–water partition coefficient (Wildman–Crippen LogP) is 1.04. The lowest BCUT2D eigenvalue weighted by Gasteiger charge is -2.25. The summed E-state index contributed by atoms with van der Waals surface area (Å²) in [4.78, 5) is 10.8. The highest BCUT2D eigenvalue weighted by Crippen LogP contribution is 2.41. The fourth-order valence-corrected chi connectivity index (χ4v) is 2.22. The van der Waals surface area contributed by atoms with Gasteiger partial charge in [-0.3, -0.25) is 0 Å². The number of benzene rings is 1. The molecule has 1 aromatic carbocycles. The normalized spacial score (nSPS) is 12.5. The molecule has 1 rings (SSSR count). The second-order valence-electron chi connectivity index (χ2n) is 5.18. The van der Waals surface area contributed by atoms with E-state index in [2.05, 4.69) is 5.92 Å². The highest BCUT2D eigenvalue weighted by molar-refractivity contribution is 5.86. The third-order valence-electron chi connectivity index (χ3n) is 3.56. The zero-order valence-corrected chi connectivity index (χ0v) is 15.3. The van der Waals surface area contributed by atoms with Crippen LogP contribution >= 0.6 is 0 Å². The van der Waals surface area contributed by atoms with Crippen molar-refractivity contribution >= 4 is 5.97 Å². The van der Waals surface area contributed by atoms with E-state index in [9.17, 15) is 9.90 Å². The first-order chi connectivity index (χ1) is 12.4. The molecular weight excluding hydrogens is 344 g/mol. The van der Waals surface area contributed by atoms with E-state index in [0.717, 1.165) is 0 Å². The van der Waals surface area contributed by atoms with Crippen molar-refractivity contribution in [3.05, 3.63) is 17.7 Å². The van der Waals surface area contributed by atoms with Gasteiger partial charge in [-0.1, -0.05) is 5.92 Å². The second-order valence-corrected chi connectivity index (χ2v) is 5.18. The van der Waals surface area contributed by atoms with E-state index in [1.807, 2.05) is 5.92 Å². The van der Waals surface area contributed by atoms with Crippen LogP contribution in [0.15, 0.2) is 12.1 Å². The van der Waals surface area contributed by atoms with Gasteiger partial charge in [0.1, 0.15) is 0 Å². The SMILES string of the molecule is COCCOCCC(O)(C#CC(=O)O)c1cc(OC)c(OC)c(OC)c1. The maximum absolute atomic E-state index is 11.0. The number of carbonyl (C=O) groups is 1. The Hall–Kier alpha value is -2.47. The number of aliphatic carboxylic acids is 1. The minimum absolute atomic E-state index is 0.0373. The Labute approximate surface area is 152 Å². The van der Waals surface area contributed by atoms with Gasteiger partial charge in [0.2, 0.25) is 5.75 Å². The number of ether oxygens (including phenoxy) is 5. The molecule has 2 N–H and O–H groups in total. The molecule has 0 spiro atoms. The zero-order valence-electron chi connectivity index (χ0n) is 15.3. The van der Waals surface area contributed by atoms with E-state index in [1.54, 1.807) is 7.11 Å². The molecule has 1 atom stereocenters. The summed E-state index contributed by atoms with van der Waals surface area (Å²) in [7, 11) is 5.89. The smallest absolute Gasteiger partial charge is 0.382 e. The molecule has 0 saturated heterocycles. The monoisotopic (exact) mass is 368 g/mol. The van der Waals surface area contributed by atoms with E-state index in [1.165, 1.54) is 33.5 Å². The molecule has 144 valence electrons. The third kappa shape index (κ3) is 5.81. The van der Waals surface area contributed by atoms with Crippen LogP contribution in [0.3, 0.4) is 0 Å². The Bertz CT molecular complexity index is 636. The van der Waals surface area contributed by atoms with Crippen LogP contribution in [0.1, 0.15) is 12.0 Å². The van der Waals surface area contributed by atoms with Crippen molar-refractivity contribution in [2.75, 3.05) is 48.3 Å². The standard InChI is InChI=1S/C18H24O8/c1-22-9-10-26-8-7-18(21,6-5-16(19)20)13-11-14(23-2)17(25-4)15(12-13)24-3/h11-12,21H,7-10H2,1-4H3,(H,19,20). The maximum atomic E-state index is 11.0. The Morgan fingerprint density at radius 3 is 2.12 bits per heavy atom. The fourth-order valence-electron chi connectivity index (χ4n) is 2.22. The topological polar surface area (TPSA) is 104 Å². The number of carboxylic acids is 1. The largest absolute Gasteiger partial charge is 0.493 e. The molecule has 1 aromatic rings. The quantitative estimate of drug-likeness (QED) is 0.466. The number of aliphatic hydroxyl groups is 1. The first-order valence-corrected chi connectivity index (χ1v) is 7.77. The molecule has 0 saturated carbocycles. The number of hydrogen-bond acceptors (Lipinski definition) is 7. The van der Waals surface area contributed by atoms with Crippen LogP contribution in [0, 0.1) is 11.8 Å². The molecule has 0 amide bonds. The van der Waals surface area contributed by atoms with Gasteiger partial charge < -0.3 is 33.9 Å². The number of methoxy groups -OCH3 is 4. The minimum atomic E-state index is -1.78. The molecule has 1 unspecified atom stereocenters. The van der Waals surface area contributed by atoms with Gasteiger partial charge in [-0.2, -0.15) is 0 Å². The summed E-state index contributed by atoms with van der Waals surface area (Å²) in [6, 6.07) is 3.04. The molecule has 0 heterocycles.